The van der Waals surface area contributed by atoms with Crippen molar-refractivity contribution in [2.24, 2.45) is 0 Å². The van der Waals surface area contributed by atoms with E-state index in [-0.39, 0.29) is 6.54 Å². The van der Waals surface area contributed by atoms with E-state index in [1.165, 1.54) is 11.3 Å². The van der Waals surface area contributed by atoms with Gasteiger partial charge in [0.25, 0.3) is 0 Å². The molecule has 1 N–H and O–H groups in total. The standard InChI is InChI=1S/C12H19NO3S2/c1-4-11-5-6-12(17-11)18(14,15)13-7-8-16-9-10(2)3/h5-6,13H,2,4,7-9H2,1,3H3. The maximum atomic E-state index is 11.9. The zero-order chi connectivity index (χ0) is 13.6. The molecule has 102 valence electrons. The average molecular weight is 289 g/mol. The van der Waals surface area contributed by atoms with E-state index in [0.29, 0.717) is 17.4 Å². The van der Waals surface area contributed by atoms with Gasteiger partial charge in [-0.3, -0.25) is 0 Å². The largest absolute Gasteiger partial charge is 0.376 e. The van der Waals surface area contributed by atoms with Crippen molar-refractivity contribution in [1.82, 2.24) is 4.72 Å². The van der Waals surface area contributed by atoms with Crippen LogP contribution in [0.5, 0.6) is 0 Å². The molecule has 0 saturated carbocycles. The zero-order valence-electron chi connectivity index (χ0n) is 10.7. The molecule has 0 atom stereocenters. The molecule has 0 radical (unpaired) electrons. The van der Waals surface area contributed by atoms with Crippen molar-refractivity contribution in [3.63, 3.8) is 0 Å². The molecule has 0 amide bonds. The molecule has 0 spiro atoms. The van der Waals surface area contributed by atoms with Gasteiger partial charge in [-0.05, 0) is 25.5 Å². The predicted molar refractivity (Wildman–Crippen MR) is 74.5 cm³/mol. The number of hydrogen-bond donors (Lipinski definition) is 1. The van der Waals surface area contributed by atoms with Gasteiger partial charge >= 0.3 is 0 Å². The van der Waals surface area contributed by atoms with Gasteiger partial charge in [0.05, 0.1) is 13.2 Å². The molecule has 0 aliphatic carbocycles. The SMILES string of the molecule is C=C(C)COCCNS(=O)(=O)c1ccc(CC)s1. The molecule has 4 nitrogen and oxygen atoms in total. The van der Waals surface area contributed by atoms with Crippen LogP contribution in [0.1, 0.15) is 18.7 Å². The minimum absolute atomic E-state index is 0.273. The Balaban J connectivity index is 2.42. The molecule has 0 aliphatic rings. The molecule has 0 saturated heterocycles. The molecular formula is C12H19NO3S2. The van der Waals surface area contributed by atoms with Crippen LogP contribution in [0.2, 0.25) is 0 Å². The molecular weight excluding hydrogens is 270 g/mol. The Morgan fingerprint density at radius 1 is 1.50 bits per heavy atom. The third-order valence-corrected chi connectivity index (χ3v) is 5.32. The van der Waals surface area contributed by atoms with E-state index in [4.69, 9.17) is 4.74 Å². The molecule has 1 aromatic rings. The third kappa shape index (κ3) is 4.89. The van der Waals surface area contributed by atoms with E-state index in [2.05, 4.69) is 11.3 Å². The summed E-state index contributed by atoms with van der Waals surface area (Å²) in [5, 5.41) is 0. The average Bonchev–Trinajstić information content (AvgIpc) is 2.77. The van der Waals surface area contributed by atoms with Gasteiger partial charge in [-0.25, -0.2) is 13.1 Å². The van der Waals surface area contributed by atoms with Crippen molar-refractivity contribution in [2.45, 2.75) is 24.5 Å². The summed E-state index contributed by atoms with van der Waals surface area (Å²) in [4.78, 5) is 1.06. The van der Waals surface area contributed by atoms with E-state index < -0.39 is 10.0 Å². The monoisotopic (exact) mass is 289 g/mol. The molecule has 0 fully saturated rings. The minimum atomic E-state index is -3.38. The summed E-state index contributed by atoms with van der Waals surface area (Å²) in [5.41, 5.74) is 0.920. The van der Waals surface area contributed by atoms with Crippen LogP contribution < -0.4 is 4.72 Å². The fraction of sp³-hybridized carbons (Fsp3) is 0.500. The highest BCUT2D eigenvalue weighted by molar-refractivity contribution is 7.91. The second kappa shape index (κ2) is 7.04. The maximum absolute atomic E-state index is 11.9. The fourth-order valence-corrected chi connectivity index (χ4v) is 3.61. The van der Waals surface area contributed by atoms with E-state index in [9.17, 15) is 8.42 Å². The van der Waals surface area contributed by atoms with E-state index in [1.807, 2.05) is 19.9 Å². The molecule has 1 heterocycles. The fourth-order valence-electron chi connectivity index (χ4n) is 1.26. The van der Waals surface area contributed by atoms with Gasteiger partial charge < -0.3 is 4.74 Å². The number of thiophene rings is 1. The second-order valence-electron chi connectivity index (χ2n) is 3.98. The molecule has 1 rings (SSSR count). The van der Waals surface area contributed by atoms with E-state index in [0.717, 1.165) is 16.9 Å². The van der Waals surface area contributed by atoms with Crippen molar-refractivity contribution in [3.8, 4) is 0 Å². The lowest BCUT2D eigenvalue weighted by Crippen LogP contribution is -2.27. The highest BCUT2D eigenvalue weighted by Crippen LogP contribution is 2.21. The highest BCUT2D eigenvalue weighted by atomic mass is 32.2. The predicted octanol–water partition coefficient (Wildman–Crippen LogP) is 2.18. The molecule has 1 aromatic heterocycles. The summed E-state index contributed by atoms with van der Waals surface area (Å²) in [5.74, 6) is 0. The summed E-state index contributed by atoms with van der Waals surface area (Å²) < 4.78 is 31.9. The Morgan fingerprint density at radius 3 is 2.78 bits per heavy atom. The second-order valence-corrected chi connectivity index (χ2v) is 7.14. The lowest BCUT2D eigenvalue weighted by atomic mass is 10.4. The number of sulfonamides is 1. The van der Waals surface area contributed by atoms with Crippen molar-refractivity contribution in [1.29, 1.82) is 0 Å². The van der Waals surface area contributed by atoms with Crippen LogP contribution in [0, 0.1) is 0 Å². The smallest absolute Gasteiger partial charge is 0.250 e. The van der Waals surface area contributed by atoms with Gasteiger partial charge in [-0.2, -0.15) is 0 Å². The van der Waals surface area contributed by atoms with E-state index >= 15 is 0 Å². The lowest BCUT2D eigenvalue weighted by Gasteiger charge is -2.05. The Bertz CT molecular complexity index is 491. The highest BCUT2D eigenvalue weighted by Gasteiger charge is 2.15. The Morgan fingerprint density at radius 2 is 2.22 bits per heavy atom. The number of nitrogens with one attached hydrogen (secondary N) is 1. The van der Waals surface area contributed by atoms with Crippen LogP contribution in [-0.2, 0) is 21.2 Å². The third-order valence-electron chi connectivity index (χ3n) is 2.14. The van der Waals surface area contributed by atoms with Crippen molar-refractivity contribution in [2.75, 3.05) is 19.8 Å². The minimum Gasteiger partial charge on any atom is -0.376 e. The van der Waals surface area contributed by atoms with Crippen molar-refractivity contribution < 1.29 is 13.2 Å². The van der Waals surface area contributed by atoms with Crippen LogP contribution in [0.15, 0.2) is 28.5 Å². The van der Waals surface area contributed by atoms with Crippen LogP contribution in [0.4, 0.5) is 0 Å². The van der Waals surface area contributed by atoms with Gasteiger partial charge in [0, 0.05) is 11.4 Å². The lowest BCUT2D eigenvalue weighted by molar-refractivity contribution is 0.162. The first-order valence-electron chi connectivity index (χ1n) is 5.76. The van der Waals surface area contributed by atoms with Gasteiger partial charge in [-0.1, -0.05) is 19.1 Å². The van der Waals surface area contributed by atoms with Gasteiger partial charge in [0.1, 0.15) is 4.21 Å². The van der Waals surface area contributed by atoms with Gasteiger partial charge in [0.2, 0.25) is 10.0 Å². The number of rotatable bonds is 8. The first-order chi connectivity index (χ1) is 8.45. The molecule has 6 heteroatoms. The summed E-state index contributed by atoms with van der Waals surface area (Å²) in [6.45, 7) is 8.64. The van der Waals surface area contributed by atoms with Crippen molar-refractivity contribution in [3.05, 3.63) is 29.2 Å². The number of ether oxygens (including phenoxy) is 1. The van der Waals surface area contributed by atoms with Crippen LogP contribution in [0.3, 0.4) is 0 Å². The number of aryl methyl sites for hydroxylation is 1. The van der Waals surface area contributed by atoms with Crippen LogP contribution in [0.25, 0.3) is 0 Å². The first-order valence-corrected chi connectivity index (χ1v) is 8.06. The Kier molecular flexibility index (Phi) is 6.01. The van der Waals surface area contributed by atoms with E-state index in [1.54, 1.807) is 6.07 Å². The quantitative estimate of drug-likeness (QED) is 0.589. The Hall–Kier alpha value is -0.690. The van der Waals surface area contributed by atoms with Crippen molar-refractivity contribution >= 4 is 21.4 Å². The Labute approximate surface area is 113 Å². The number of hydrogen-bond acceptors (Lipinski definition) is 4. The molecule has 18 heavy (non-hydrogen) atoms. The summed E-state index contributed by atoms with van der Waals surface area (Å²) in [6, 6.07) is 3.48. The zero-order valence-corrected chi connectivity index (χ0v) is 12.4. The molecule has 0 aromatic carbocycles. The summed E-state index contributed by atoms with van der Waals surface area (Å²) >= 11 is 1.30. The normalized spacial score (nSPS) is 11.7. The van der Waals surface area contributed by atoms with Crippen LogP contribution >= 0.6 is 11.3 Å². The topological polar surface area (TPSA) is 55.4 Å². The van der Waals surface area contributed by atoms with Gasteiger partial charge in [-0.15, -0.1) is 11.3 Å². The summed E-state index contributed by atoms with van der Waals surface area (Å²) in [6.07, 6.45) is 0.849. The summed E-state index contributed by atoms with van der Waals surface area (Å²) in [7, 11) is -3.38. The molecule has 0 aliphatic heterocycles. The molecule has 0 bridgehead atoms. The first kappa shape index (κ1) is 15.4. The molecule has 0 unspecified atom stereocenters. The maximum Gasteiger partial charge on any atom is 0.250 e. The van der Waals surface area contributed by atoms with Gasteiger partial charge in [0.15, 0.2) is 0 Å². The van der Waals surface area contributed by atoms with Crippen LogP contribution in [-0.4, -0.2) is 28.2 Å².